The Morgan fingerprint density at radius 3 is 2.48 bits per heavy atom. The van der Waals surface area contributed by atoms with E-state index in [0.717, 1.165) is 17.1 Å². The molecule has 0 aromatic heterocycles. The van der Waals surface area contributed by atoms with Gasteiger partial charge in [-0.3, -0.25) is 0 Å². The highest BCUT2D eigenvalue weighted by molar-refractivity contribution is 5.69. The van der Waals surface area contributed by atoms with Crippen LogP contribution in [0.5, 0.6) is 5.75 Å². The molecular weight excluding hydrogens is 286 g/mol. The van der Waals surface area contributed by atoms with Crippen LogP contribution in [0.25, 0.3) is 0 Å². The third kappa shape index (κ3) is 2.61. The van der Waals surface area contributed by atoms with Crippen LogP contribution >= 0.6 is 0 Å². The molecule has 118 valence electrons. The third-order valence-corrected chi connectivity index (χ3v) is 4.37. The van der Waals surface area contributed by atoms with E-state index in [1.54, 1.807) is 7.11 Å². The van der Waals surface area contributed by atoms with E-state index in [4.69, 9.17) is 4.74 Å². The molecule has 2 aromatic rings. The van der Waals surface area contributed by atoms with Crippen molar-refractivity contribution in [1.29, 1.82) is 0 Å². The Bertz CT molecular complexity index is 778. The molecule has 0 fully saturated rings. The van der Waals surface area contributed by atoms with E-state index < -0.39 is 0 Å². The van der Waals surface area contributed by atoms with Gasteiger partial charge >= 0.3 is 0 Å². The Balaban J connectivity index is 1.93. The number of anilines is 1. The van der Waals surface area contributed by atoms with Gasteiger partial charge in [0.2, 0.25) is 0 Å². The van der Waals surface area contributed by atoms with Crippen LogP contribution < -0.4 is 9.64 Å². The second-order valence-corrected chi connectivity index (χ2v) is 6.10. The minimum atomic E-state index is -0.0921. The second-order valence-electron chi connectivity index (χ2n) is 6.10. The van der Waals surface area contributed by atoms with Crippen LogP contribution in [0.1, 0.15) is 19.4 Å². The van der Waals surface area contributed by atoms with Crippen molar-refractivity contribution in [1.82, 2.24) is 0 Å². The van der Waals surface area contributed by atoms with Gasteiger partial charge in [-0.15, -0.1) is 5.11 Å². The van der Waals surface area contributed by atoms with Crippen molar-refractivity contribution >= 4 is 11.4 Å². The van der Waals surface area contributed by atoms with Crippen molar-refractivity contribution in [2.75, 3.05) is 19.1 Å². The minimum absolute atomic E-state index is 0.0921. The molecule has 4 heteroatoms. The van der Waals surface area contributed by atoms with E-state index in [1.165, 1.54) is 11.3 Å². The highest BCUT2D eigenvalue weighted by Crippen LogP contribution is 2.46. The molecule has 0 aliphatic carbocycles. The van der Waals surface area contributed by atoms with Gasteiger partial charge in [-0.1, -0.05) is 44.2 Å². The van der Waals surface area contributed by atoms with E-state index in [1.807, 2.05) is 30.5 Å². The summed E-state index contributed by atoms with van der Waals surface area (Å²) in [4.78, 5) is 2.18. The number of hydrogen-bond acceptors (Lipinski definition) is 4. The van der Waals surface area contributed by atoms with Gasteiger partial charge < -0.3 is 9.64 Å². The van der Waals surface area contributed by atoms with E-state index in [9.17, 15) is 0 Å². The molecule has 4 nitrogen and oxygen atoms in total. The van der Waals surface area contributed by atoms with Gasteiger partial charge in [0.1, 0.15) is 11.4 Å². The Hall–Kier alpha value is -2.62. The number of benzene rings is 2. The van der Waals surface area contributed by atoms with Crippen LogP contribution in [0.2, 0.25) is 0 Å². The zero-order valence-electron chi connectivity index (χ0n) is 13.9. The normalized spacial score (nSPS) is 17.7. The van der Waals surface area contributed by atoms with E-state index in [0.29, 0.717) is 0 Å². The zero-order chi connectivity index (χ0) is 16.4. The molecular formula is C19H21N3O. The van der Waals surface area contributed by atoms with E-state index in [2.05, 4.69) is 60.3 Å². The zero-order valence-corrected chi connectivity index (χ0v) is 13.9. The molecule has 0 radical (unpaired) electrons. The molecule has 0 unspecified atom stereocenters. The van der Waals surface area contributed by atoms with Crippen molar-refractivity contribution in [2.45, 2.75) is 19.3 Å². The maximum absolute atomic E-state index is 5.30. The first-order valence-corrected chi connectivity index (χ1v) is 7.63. The predicted octanol–water partition coefficient (Wildman–Crippen LogP) is 5.05. The van der Waals surface area contributed by atoms with E-state index in [-0.39, 0.29) is 5.41 Å². The summed E-state index contributed by atoms with van der Waals surface area (Å²) in [5.41, 5.74) is 4.28. The average Bonchev–Trinajstić information content (AvgIpc) is 2.76. The van der Waals surface area contributed by atoms with Crippen molar-refractivity contribution in [3.63, 3.8) is 0 Å². The minimum Gasteiger partial charge on any atom is -0.494 e. The van der Waals surface area contributed by atoms with Gasteiger partial charge in [0.15, 0.2) is 0 Å². The molecule has 0 amide bonds. The topological polar surface area (TPSA) is 37.2 Å². The number of azo groups is 1. The Morgan fingerprint density at radius 2 is 1.74 bits per heavy atom. The Labute approximate surface area is 137 Å². The van der Waals surface area contributed by atoms with Gasteiger partial charge in [0, 0.05) is 23.8 Å². The lowest BCUT2D eigenvalue weighted by Crippen LogP contribution is -2.22. The third-order valence-electron chi connectivity index (χ3n) is 4.37. The molecule has 1 aliphatic heterocycles. The summed E-state index contributed by atoms with van der Waals surface area (Å²) in [6, 6.07) is 16.0. The Morgan fingerprint density at radius 1 is 1.04 bits per heavy atom. The van der Waals surface area contributed by atoms with Crippen molar-refractivity contribution in [2.24, 2.45) is 10.2 Å². The van der Waals surface area contributed by atoms with Crippen LogP contribution in [0.4, 0.5) is 11.4 Å². The SMILES string of the molecule is COc1ccccc1N=N/C=C1/N(C)c2ccccc2C1(C)C. The standard InChI is InChI=1S/C19H21N3O/c1-19(2)14-9-5-7-11-16(14)22(3)18(19)13-20-21-15-10-6-8-12-17(15)23-4/h5-13H,1-4H3/b18-13+,21-20?. The number of hydrogen-bond donors (Lipinski definition) is 0. The number of methoxy groups -OCH3 is 1. The first kappa shape index (κ1) is 15.3. The lowest BCUT2D eigenvalue weighted by Gasteiger charge is -2.22. The number of likely N-dealkylation sites (N-methyl/N-ethyl adjacent to an activating group) is 1. The molecule has 1 aliphatic rings. The molecule has 0 bridgehead atoms. The Kier molecular flexibility index (Phi) is 3.90. The molecule has 0 atom stereocenters. The quantitative estimate of drug-likeness (QED) is 0.744. The number of rotatable bonds is 3. The molecule has 23 heavy (non-hydrogen) atoms. The summed E-state index contributed by atoms with van der Waals surface area (Å²) in [7, 11) is 3.70. The largest absolute Gasteiger partial charge is 0.494 e. The van der Waals surface area contributed by atoms with Gasteiger partial charge in [-0.25, -0.2) is 0 Å². The smallest absolute Gasteiger partial charge is 0.146 e. The van der Waals surface area contributed by atoms with Crippen LogP contribution in [0, 0.1) is 0 Å². The molecule has 0 spiro atoms. The predicted molar refractivity (Wildman–Crippen MR) is 93.5 cm³/mol. The number of ether oxygens (including phenoxy) is 1. The van der Waals surface area contributed by atoms with Crippen LogP contribution in [-0.2, 0) is 5.41 Å². The van der Waals surface area contributed by atoms with Gasteiger partial charge in [0.05, 0.1) is 13.3 Å². The fourth-order valence-electron chi connectivity index (χ4n) is 3.09. The maximum Gasteiger partial charge on any atom is 0.146 e. The lowest BCUT2D eigenvalue weighted by molar-refractivity contribution is 0.416. The summed E-state index contributed by atoms with van der Waals surface area (Å²) < 4.78 is 5.30. The highest BCUT2D eigenvalue weighted by Gasteiger charge is 2.38. The summed E-state index contributed by atoms with van der Waals surface area (Å²) in [5, 5.41) is 8.60. The molecule has 1 heterocycles. The fourth-order valence-corrected chi connectivity index (χ4v) is 3.09. The number of para-hydroxylation sites is 2. The van der Waals surface area contributed by atoms with Crippen LogP contribution in [0.15, 0.2) is 70.7 Å². The number of allylic oxidation sites excluding steroid dienone is 1. The average molecular weight is 307 g/mol. The van der Waals surface area contributed by atoms with Crippen molar-refractivity contribution in [3.05, 3.63) is 66.0 Å². The van der Waals surface area contributed by atoms with Crippen molar-refractivity contribution < 1.29 is 4.74 Å². The van der Waals surface area contributed by atoms with Gasteiger partial charge in [-0.2, -0.15) is 5.11 Å². The molecule has 0 saturated heterocycles. The summed E-state index contributed by atoms with van der Waals surface area (Å²) >= 11 is 0. The van der Waals surface area contributed by atoms with Gasteiger partial charge in [-0.05, 0) is 23.8 Å². The van der Waals surface area contributed by atoms with Crippen LogP contribution in [-0.4, -0.2) is 14.2 Å². The first-order chi connectivity index (χ1) is 11.1. The van der Waals surface area contributed by atoms with Crippen molar-refractivity contribution in [3.8, 4) is 5.75 Å². The highest BCUT2D eigenvalue weighted by atomic mass is 16.5. The second kappa shape index (κ2) is 5.88. The molecule has 2 aromatic carbocycles. The van der Waals surface area contributed by atoms with Gasteiger partial charge in [0.25, 0.3) is 0 Å². The van der Waals surface area contributed by atoms with Crippen LogP contribution in [0.3, 0.4) is 0 Å². The monoisotopic (exact) mass is 307 g/mol. The molecule has 3 rings (SSSR count). The number of nitrogens with zero attached hydrogens (tertiary/aromatic N) is 3. The first-order valence-electron chi connectivity index (χ1n) is 7.63. The summed E-state index contributed by atoms with van der Waals surface area (Å²) in [5.74, 6) is 0.719. The molecule has 0 saturated carbocycles. The number of fused-ring (bicyclic) bond motifs is 1. The fraction of sp³-hybridized carbons (Fsp3) is 0.263. The summed E-state index contributed by atoms with van der Waals surface area (Å²) in [6.07, 6.45) is 1.84. The lowest BCUT2D eigenvalue weighted by atomic mass is 9.84. The maximum atomic E-state index is 5.30. The molecule has 0 N–H and O–H groups in total. The van der Waals surface area contributed by atoms with E-state index >= 15 is 0 Å². The summed E-state index contributed by atoms with van der Waals surface area (Å²) in [6.45, 7) is 4.42.